The molecule has 4 fully saturated rings. The maximum Gasteiger partial charge on any atom is 0.258 e. The molecule has 3 aromatic rings. The third-order valence-electron chi connectivity index (χ3n) is 12.0. The van der Waals surface area contributed by atoms with E-state index in [0.717, 1.165) is 5.56 Å². The highest BCUT2D eigenvalue weighted by Gasteiger charge is 2.77. The molecule has 8 rings (SSSR count). The zero-order chi connectivity index (χ0) is 39.3. The number of amides is 4. The van der Waals surface area contributed by atoms with Gasteiger partial charge in [-0.1, -0.05) is 48.0 Å². The first-order valence-corrected chi connectivity index (χ1v) is 18.4. The van der Waals surface area contributed by atoms with Crippen LogP contribution in [0, 0.1) is 46.8 Å². The van der Waals surface area contributed by atoms with E-state index in [0.29, 0.717) is 32.5 Å². The van der Waals surface area contributed by atoms with Gasteiger partial charge in [0.2, 0.25) is 17.6 Å². The Labute approximate surface area is 321 Å². The number of ether oxygens (including phenoxy) is 1. The molecule has 9 nitrogen and oxygen atoms in total. The summed E-state index contributed by atoms with van der Waals surface area (Å²) in [6, 6.07) is 13.3. The van der Waals surface area contributed by atoms with E-state index in [2.05, 4.69) is 4.90 Å². The van der Waals surface area contributed by atoms with E-state index < -0.39 is 110 Å². The largest absolute Gasteiger partial charge is 0.508 e. The Morgan fingerprint density at radius 2 is 1.47 bits per heavy atom. The smallest absolute Gasteiger partial charge is 0.258 e. The Morgan fingerprint density at radius 1 is 0.836 bits per heavy atom. The number of carbonyl (C=O) groups excluding carboxylic acids is 4. The highest BCUT2D eigenvalue weighted by molar-refractivity contribution is 6.58. The number of allylic oxidation sites excluding steroid dienone is 2. The minimum Gasteiger partial charge on any atom is -0.508 e. The predicted octanol–water partition coefficient (Wildman–Crippen LogP) is 6.32. The molecule has 0 unspecified atom stereocenters. The van der Waals surface area contributed by atoms with Crippen LogP contribution >= 0.6 is 23.2 Å². The first kappa shape index (κ1) is 37.4. The summed E-state index contributed by atoms with van der Waals surface area (Å²) >= 11 is 14.4. The van der Waals surface area contributed by atoms with Crippen molar-refractivity contribution in [2.24, 2.45) is 17.8 Å². The summed E-state index contributed by atoms with van der Waals surface area (Å²) in [5.74, 6) is -21.5. The number of alkyl halides is 2. The van der Waals surface area contributed by atoms with Crippen LogP contribution in [-0.2, 0) is 25.7 Å². The summed E-state index contributed by atoms with van der Waals surface area (Å²) in [5.41, 5.74) is -0.605. The normalized spacial score (nSPS) is 29.7. The van der Waals surface area contributed by atoms with Gasteiger partial charge in [0.05, 0.1) is 18.9 Å². The number of hydrogen-bond donors (Lipinski definition) is 1. The van der Waals surface area contributed by atoms with E-state index in [1.165, 1.54) is 30.2 Å². The van der Waals surface area contributed by atoms with E-state index in [9.17, 15) is 37.5 Å². The summed E-state index contributed by atoms with van der Waals surface area (Å²) in [6.07, 6.45) is 1.98. The molecule has 3 aromatic carbocycles. The topological polar surface area (TPSA) is 107 Å². The number of piperidine rings is 1. The van der Waals surface area contributed by atoms with Crippen LogP contribution in [0.5, 0.6) is 11.5 Å². The van der Waals surface area contributed by atoms with Crippen molar-refractivity contribution >= 4 is 52.5 Å². The number of halogens is 7. The van der Waals surface area contributed by atoms with Crippen LogP contribution in [0.15, 0.2) is 60.2 Å². The minimum absolute atomic E-state index is 0.00356. The lowest BCUT2D eigenvalue weighted by molar-refractivity contribution is -0.144. The van der Waals surface area contributed by atoms with Crippen molar-refractivity contribution in [2.45, 2.75) is 53.9 Å². The molecule has 5 aliphatic rings. The number of fused-ring (bicyclic) bond motifs is 4. The van der Waals surface area contributed by atoms with E-state index >= 15 is 8.78 Å². The maximum atomic E-state index is 15.3. The predicted molar refractivity (Wildman–Crippen MR) is 188 cm³/mol. The number of anilines is 1. The molecule has 3 aliphatic heterocycles. The molecule has 0 spiro atoms. The molecule has 55 heavy (non-hydrogen) atoms. The monoisotopic (exact) mass is 803 g/mol. The number of carbonyl (C=O) groups is 4. The molecule has 16 heteroatoms. The van der Waals surface area contributed by atoms with Crippen LogP contribution in [0.1, 0.15) is 42.7 Å². The van der Waals surface area contributed by atoms with Gasteiger partial charge in [-0.3, -0.25) is 29.0 Å². The van der Waals surface area contributed by atoms with Crippen LogP contribution in [0.4, 0.5) is 27.6 Å². The molecule has 4 amide bonds. The molecule has 0 bridgehead atoms. The Kier molecular flexibility index (Phi) is 9.05. The first-order chi connectivity index (χ1) is 26.1. The van der Waals surface area contributed by atoms with Gasteiger partial charge in [-0.25, -0.2) is 26.9 Å². The second-order valence-corrected chi connectivity index (χ2v) is 15.9. The second kappa shape index (κ2) is 13.3. The minimum atomic E-state index is -2.75. The number of methoxy groups -OCH3 is 1. The SMILES string of the molecule is COc1ccc([C@H]2C3=CC[C@@H]4C(=O)N(C5CCN(Cc6ccccc6)CC5)C(=O)[C@@H]4[C@@H]3C[C@@]3(Cl)C(=O)N(c4c(F)c(F)c(F)c(F)c4F)C(=O)[C@@]23Cl)c(O)c1. The van der Waals surface area contributed by atoms with Crippen molar-refractivity contribution in [2.75, 3.05) is 25.1 Å². The van der Waals surface area contributed by atoms with Crippen molar-refractivity contribution in [3.63, 3.8) is 0 Å². The molecule has 1 N–H and O–H groups in total. The van der Waals surface area contributed by atoms with Crippen LogP contribution in [0.3, 0.4) is 0 Å². The molecular formula is C39H32Cl2F5N3O6. The second-order valence-electron chi connectivity index (χ2n) is 14.7. The average Bonchev–Trinajstić information content (AvgIpc) is 3.52. The quantitative estimate of drug-likeness (QED) is 0.0777. The Balaban J connectivity index is 1.19. The first-order valence-electron chi connectivity index (χ1n) is 17.6. The Morgan fingerprint density at radius 3 is 2.09 bits per heavy atom. The maximum absolute atomic E-state index is 15.3. The number of nitrogens with zero attached hydrogens (tertiary/aromatic N) is 3. The van der Waals surface area contributed by atoms with E-state index in [4.69, 9.17) is 27.9 Å². The molecule has 1 saturated carbocycles. The lowest BCUT2D eigenvalue weighted by atomic mass is 9.56. The highest BCUT2D eigenvalue weighted by Crippen LogP contribution is 2.67. The summed E-state index contributed by atoms with van der Waals surface area (Å²) in [4.78, 5) is 55.3. The zero-order valence-electron chi connectivity index (χ0n) is 29.0. The van der Waals surface area contributed by atoms with Crippen LogP contribution in [0.2, 0.25) is 0 Å². The van der Waals surface area contributed by atoms with Gasteiger partial charge in [-0.2, -0.15) is 0 Å². The number of benzene rings is 3. The van der Waals surface area contributed by atoms with Gasteiger partial charge in [0.15, 0.2) is 33.0 Å². The van der Waals surface area contributed by atoms with Crippen molar-refractivity contribution in [1.82, 2.24) is 9.80 Å². The third-order valence-corrected chi connectivity index (χ3v) is 13.4. The zero-order valence-corrected chi connectivity index (χ0v) is 30.5. The van der Waals surface area contributed by atoms with Crippen LogP contribution in [0.25, 0.3) is 0 Å². The number of aromatic hydroxyl groups is 1. The van der Waals surface area contributed by atoms with E-state index in [-0.39, 0.29) is 28.2 Å². The number of likely N-dealkylation sites (tertiary alicyclic amines) is 2. The summed E-state index contributed by atoms with van der Waals surface area (Å²) in [5, 5.41) is 11.3. The van der Waals surface area contributed by atoms with Gasteiger partial charge in [0, 0.05) is 43.2 Å². The van der Waals surface area contributed by atoms with Crippen molar-refractivity contribution < 1.29 is 51.0 Å². The van der Waals surface area contributed by atoms with Gasteiger partial charge in [-0.15, -0.1) is 23.2 Å². The molecule has 2 aliphatic carbocycles. The fourth-order valence-electron chi connectivity index (χ4n) is 9.37. The summed E-state index contributed by atoms with van der Waals surface area (Å²) in [7, 11) is 1.32. The van der Waals surface area contributed by atoms with Crippen molar-refractivity contribution in [3.05, 3.63) is 100 Å². The van der Waals surface area contributed by atoms with Gasteiger partial charge in [0.1, 0.15) is 17.2 Å². The summed E-state index contributed by atoms with van der Waals surface area (Å²) < 4.78 is 78.9. The molecule has 0 aromatic heterocycles. The lowest BCUT2D eigenvalue weighted by Gasteiger charge is -2.50. The molecule has 3 saturated heterocycles. The van der Waals surface area contributed by atoms with Crippen molar-refractivity contribution in [1.29, 1.82) is 0 Å². The van der Waals surface area contributed by atoms with Crippen LogP contribution < -0.4 is 9.64 Å². The third kappa shape index (κ3) is 5.27. The Bertz CT molecular complexity index is 2170. The van der Waals surface area contributed by atoms with Crippen molar-refractivity contribution in [3.8, 4) is 11.5 Å². The van der Waals surface area contributed by atoms with E-state index in [1.54, 1.807) is 6.08 Å². The van der Waals surface area contributed by atoms with Gasteiger partial charge >= 0.3 is 0 Å². The van der Waals surface area contributed by atoms with Crippen LogP contribution in [-0.4, -0.2) is 74.5 Å². The number of rotatable bonds is 6. The molecule has 0 radical (unpaired) electrons. The molecular weight excluding hydrogens is 772 g/mol. The van der Waals surface area contributed by atoms with E-state index in [1.807, 2.05) is 30.3 Å². The molecule has 3 heterocycles. The average molecular weight is 805 g/mol. The number of hydrogen-bond acceptors (Lipinski definition) is 7. The Hall–Kier alpha value is -4.53. The number of phenolic OH excluding ortho intramolecular Hbond substituents is 1. The summed E-state index contributed by atoms with van der Waals surface area (Å²) in [6.45, 7) is 1.92. The van der Waals surface area contributed by atoms with Gasteiger partial charge in [0.25, 0.3) is 11.8 Å². The number of phenols is 1. The van der Waals surface area contributed by atoms with Gasteiger partial charge < -0.3 is 9.84 Å². The standard InChI is InChI=1S/C39H32Cl2F5N3O6/c1-55-20-7-8-22(25(50)15-20)27-21-9-10-23-26(35(52)48(34(23)51)19-11-13-47(14-12-19)17-18-5-3-2-4-6-18)24(21)16-38(40)36(53)49(37(54)39(27,38)41)33-31(45)29(43)28(42)30(44)32(33)46/h2-9,15,19,23-24,26-27,50H,10-14,16-17H2,1H3/t23-,24+,26-,27+,38+,39-/m0/s1. The number of imide groups is 2. The molecule has 288 valence electrons. The fourth-order valence-corrected chi connectivity index (χ4v) is 10.3. The highest BCUT2D eigenvalue weighted by atomic mass is 35.5. The van der Waals surface area contributed by atoms with Gasteiger partial charge in [-0.05, 0) is 43.2 Å². The molecule has 6 atom stereocenters. The fraction of sp³-hybridized carbons (Fsp3) is 0.385. The lowest BCUT2D eigenvalue weighted by Crippen LogP contribution is -2.60.